The minimum atomic E-state index is -1.35. The maximum absolute atomic E-state index is 10.5. The van der Waals surface area contributed by atoms with Crippen LogP contribution in [0, 0.1) is 5.92 Å². The molecule has 0 aliphatic heterocycles. The van der Waals surface area contributed by atoms with Crippen LogP contribution in [-0.2, 0) is 33.6 Å². The fourth-order valence-electron chi connectivity index (χ4n) is 2.41. The van der Waals surface area contributed by atoms with Gasteiger partial charge in [-0.3, -0.25) is 24.0 Å². The minimum absolute atomic E-state index is 0. The van der Waals surface area contributed by atoms with Crippen molar-refractivity contribution in [1.29, 1.82) is 0 Å². The number of unbranched alkanes of at least 4 members (excludes halogenated alkanes) is 7. The molecular formula is C20H33I4O12-. The van der Waals surface area contributed by atoms with Crippen LogP contribution in [0.4, 0.5) is 0 Å². The molecule has 0 atom stereocenters. The molecule has 0 saturated carbocycles. The summed E-state index contributed by atoms with van der Waals surface area (Å²) in [5.41, 5.74) is 0. The van der Waals surface area contributed by atoms with Gasteiger partial charge in [0, 0.05) is 19.3 Å². The first kappa shape index (κ1) is 45.6. The van der Waals surface area contributed by atoms with E-state index in [1.807, 2.05) is 0 Å². The molecule has 0 unspecified atom stereocenters. The molecule has 0 spiro atoms. The number of carbonyl (C=O) groups excluding carboxylic acids is 2. The van der Waals surface area contributed by atoms with E-state index >= 15 is 0 Å². The Labute approximate surface area is 256 Å². The van der Waals surface area contributed by atoms with E-state index in [2.05, 4.69) is 37.2 Å². The molecule has 0 radical (unpaired) electrons. The zero-order valence-corrected chi connectivity index (χ0v) is 28.2. The standard InChI is InChI=1S/C10H16O6.C9H16O4.CO2.I3.HI/c11-8(12)6-4-2-1-3-5-7(9(13)14)10(15)16;10-8(11)6-4-2-1-3-5-7-9(12)13;2-1-3;1-3-2;/h7H,1-6H2,(H,11,12)(H,13,14)(H,15,16);1-7H2,(H,10,11)(H,12,13);;;1H/q;;;-1;. The van der Waals surface area contributed by atoms with Gasteiger partial charge in [0.1, 0.15) is 0 Å². The fraction of sp³-hybridized carbons (Fsp3) is 0.700. The Hall–Kier alpha value is -0.350. The van der Waals surface area contributed by atoms with Crippen molar-refractivity contribution in [1.82, 2.24) is 0 Å². The smallest absolute Gasteiger partial charge is 0.373 e. The van der Waals surface area contributed by atoms with E-state index in [-0.39, 0.29) is 55.8 Å². The summed E-state index contributed by atoms with van der Waals surface area (Å²) >= 11 is 5.30. The number of hydrogen-bond acceptors (Lipinski definition) is 7. The molecule has 16 heteroatoms. The maximum Gasteiger partial charge on any atom is 0.373 e. The van der Waals surface area contributed by atoms with E-state index in [4.69, 9.17) is 35.1 Å². The molecule has 0 rings (SSSR count). The molecule has 0 heterocycles. The van der Waals surface area contributed by atoms with Gasteiger partial charge in [-0.25, -0.2) is 0 Å². The number of hydrogen-bond donors (Lipinski definition) is 5. The molecule has 0 aromatic carbocycles. The summed E-state index contributed by atoms with van der Waals surface area (Å²) in [7, 11) is 0. The summed E-state index contributed by atoms with van der Waals surface area (Å²) in [6.45, 7) is 0. The second-order valence-electron chi connectivity index (χ2n) is 6.77. The van der Waals surface area contributed by atoms with Crippen molar-refractivity contribution in [3.8, 4) is 0 Å². The summed E-state index contributed by atoms with van der Waals surface area (Å²) in [5.74, 6) is -6.36. The molecule has 0 bridgehead atoms. The van der Waals surface area contributed by atoms with Gasteiger partial charge >= 0.3 is 86.5 Å². The summed E-state index contributed by atoms with van der Waals surface area (Å²) in [6, 6.07) is 0. The van der Waals surface area contributed by atoms with Gasteiger partial charge in [-0.2, -0.15) is 9.59 Å². The average Bonchev–Trinajstić information content (AvgIpc) is 2.73. The SMILES string of the molecule is I.I[I-]I.O=C(O)CCCCCCC(C(=O)O)C(=O)O.O=C(O)CCCCCCCC(=O)O.O=C=O. The largest absolute Gasteiger partial charge is 0.481 e. The zero-order valence-electron chi connectivity index (χ0n) is 19.4. The topological polar surface area (TPSA) is 221 Å². The predicted octanol–water partition coefficient (Wildman–Crippen LogP) is 1.89. The van der Waals surface area contributed by atoms with Gasteiger partial charge in [-0.15, -0.1) is 24.0 Å². The maximum atomic E-state index is 10.5. The fourth-order valence-corrected chi connectivity index (χ4v) is 2.41. The number of carboxylic acids is 5. The molecular weight excluding hydrogens is 940 g/mol. The number of carbonyl (C=O) groups is 5. The third kappa shape index (κ3) is 50.5. The van der Waals surface area contributed by atoms with Crippen LogP contribution in [0.15, 0.2) is 0 Å². The average molecular weight is 973 g/mol. The summed E-state index contributed by atoms with van der Waals surface area (Å²) in [6.07, 6.45) is 7.34. The van der Waals surface area contributed by atoms with Crippen LogP contribution < -0.4 is 13.3 Å². The summed E-state index contributed by atoms with van der Waals surface area (Å²) in [4.78, 5) is 67.6. The quantitative estimate of drug-likeness (QED) is 0.0802. The van der Waals surface area contributed by atoms with E-state index in [1.165, 1.54) is 0 Å². The monoisotopic (exact) mass is 973 g/mol. The van der Waals surface area contributed by atoms with E-state index in [9.17, 15) is 24.0 Å². The Balaban J connectivity index is -0.000000144. The molecule has 5 N–H and O–H groups in total. The van der Waals surface area contributed by atoms with Gasteiger partial charge in [0.15, 0.2) is 5.92 Å². The molecule has 0 aromatic heterocycles. The van der Waals surface area contributed by atoms with Crippen molar-refractivity contribution in [2.75, 3.05) is 0 Å². The Kier molecular flexibility index (Phi) is 46.6. The number of halogens is 4. The molecule has 0 amide bonds. The molecule has 0 aliphatic carbocycles. The minimum Gasteiger partial charge on any atom is -0.481 e. The third-order valence-corrected chi connectivity index (χ3v) is 4.01. The summed E-state index contributed by atoms with van der Waals surface area (Å²) < 4.78 is 0. The van der Waals surface area contributed by atoms with Gasteiger partial charge in [-0.1, -0.05) is 38.5 Å². The normalized spacial score (nSPS) is 8.97. The molecule has 0 fully saturated rings. The first-order valence-electron chi connectivity index (χ1n) is 10.4. The Morgan fingerprint density at radius 3 is 1.03 bits per heavy atom. The molecule has 0 aliphatic rings. The first-order valence-corrected chi connectivity index (χ1v) is 23.0. The molecule has 0 saturated heterocycles. The Morgan fingerprint density at radius 1 is 0.583 bits per heavy atom. The second-order valence-corrected chi connectivity index (χ2v) is 23.0. The second kappa shape index (κ2) is 36.8. The van der Waals surface area contributed by atoms with Crippen LogP contribution in [0.1, 0.15) is 83.5 Å². The molecule has 12 nitrogen and oxygen atoms in total. The number of rotatable bonds is 17. The van der Waals surface area contributed by atoms with Crippen molar-refractivity contribution in [3.63, 3.8) is 0 Å². The van der Waals surface area contributed by atoms with Gasteiger partial charge in [0.2, 0.25) is 0 Å². The zero-order chi connectivity index (χ0) is 28.1. The summed E-state index contributed by atoms with van der Waals surface area (Å²) in [5, 5.41) is 42.1. The van der Waals surface area contributed by atoms with Crippen molar-refractivity contribution >= 4 is 97.2 Å². The Morgan fingerprint density at radius 2 is 0.806 bits per heavy atom. The van der Waals surface area contributed by atoms with Crippen molar-refractivity contribution in [2.45, 2.75) is 83.5 Å². The Bertz CT molecular complexity index is 594. The van der Waals surface area contributed by atoms with Crippen LogP contribution in [0.3, 0.4) is 0 Å². The van der Waals surface area contributed by atoms with Gasteiger partial charge in [0.05, 0.1) is 0 Å². The van der Waals surface area contributed by atoms with Gasteiger partial charge in [-0.05, 0) is 25.7 Å². The van der Waals surface area contributed by atoms with Gasteiger partial charge < -0.3 is 25.5 Å². The van der Waals surface area contributed by atoms with Crippen molar-refractivity contribution < 1.29 is 72.3 Å². The molecule has 214 valence electrons. The van der Waals surface area contributed by atoms with Crippen LogP contribution in [-0.4, -0.2) is 61.5 Å². The van der Waals surface area contributed by atoms with Crippen LogP contribution in [0.2, 0.25) is 0 Å². The van der Waals surface area contributed by atoms with Crippen LogP contribution in [0.25, 0.3) is 0 Å². The van der Waals surface area contributed by atoms with E-state index in [1.54, 1.807) is 0 Å². The van der Waals surface area contributed by atoms with Crippen LogP contribution >= 0.6 is 61.2 Å². The third-order valence-electron chi connectivity index (χ3n) is 4.01. The van der Waals surface area contributed by atoms with E-state index in [0.29, 0.717) is 51.8 Å². The predicted molar refractivity (Wildman–Crippen MR) is 150 cm³/mol. The molecule has 0 aromatic rings. The number of aliphatic carboxylic acids is 5. The van der Waals surface area contributed by atoms with Crippen LogP contribution in [0.5, 0.6) is 0 Å². The van der Waals surface area contributed by atoms with E-state index in [0.717, 1.165) is 19.3 Å². The van der Waals surface area contributed by atoms with E-state index < -0.39 is 35.8 Å². The first-order chi connectivity index (χ1) is 16.4. The molecule has 36 heavy (non-hydrogen) atoms. The van der Waals surface area contributed by atoms with Crippen molar-refractivity contribution in [3.05, 3.63) is 0 Å². The van der Waals surface area contributed by atoms with Gasteiger partial charge in [0.25, 0.3) is 0 Å². The van der Waals surface area contributed by atoms with Crippen molar-refractivity contribution in [2.24, 2.45) is 5.92 Å². The number of carboxylic acid groups (broad SMARTS) is 5.